The molecule has 4 heteroatoms. The van der Waals surface area contributed by atoms with Gasteiger partial charge in [-0.2, -0.15) is 0 Å². The third-order valence-corrected chi connectivity index (χ3v) is 10.4. The Labute approximate surface area is 274 Å². The summed E-state index contributed by atoms with van der Waals surface area (Å²) in [5, 5.41) is 12.1. The van der Waals surface area contributed by atoms with Crippen molar-refractivity contribution < 1.29 is 0 Å². The van der Waals surface area contributed by atoms with Crippen molar-refractivity contribution in [2.75, 3.05) is 0 Å². The molecule has 218 valence electrons. The maximum absolute atomic E-state index is 5.26. The van der Waals surface area contributed by atoms with Crippen LogP contribution in [-0.4, -0.2) is 15.0 Å². The van der Waals surface area contributed by atoms with Crippen molar-refractivity contribution in [3.63, 3.8) is 0 Å². The van der Waals surface area contributed by atoms with E-state index in [9.17, 15) is 0 Å². The summed E-state index contributed by atoms with van der Waals surface area (Å²) in [5.41, 5.74) is 2.95. The molecule has 0 unspecified atom stereocenters. The Morgan fingerprint density at radius 1 is 0.362 bits per heavy atom. The van der Waals surface area contributed by atoms with Crippen LogP contribution >= 0.6 is 11.3 Å². The molecule has 3 nitrogen and oxygen atoms in total. The van der Waals surface area contributed by atoms with Crippen LogP contribution in [0.15, 0.2) is 152 Å². The average molecular weight is 616 g/mol. The fourth-order valence-corrected chi connectivity index (χ4v) is 8.26. The van der Waals surface area contributed by atoms with Crippen molar-refractivity contribution in [2.24, 2.45) is 0 Å². The number of thiophene rings is 1. The molecule has 0 aliphatic carbocycles. The number of benzene rings is 8. The minimum Gasteiger partial charge on any atom is -0.208 e. The highest BCUT2D eigenvalue weighted by molar-refractivity contribution is 7.27. The summed E-state index contributed by atoms with van der Waals surface area (Å²) < 4.78 is 2.51. The second kappa shape index (κ2) is 10.3. The SMILES string of the molecule is c1ccc2cc(-c3nc(-c4ccc5ccccc5c4)nc(-c4cc5ccc6ccccc6c5c5sc6ccccc6c45)n3)ccc2c1. The molecule has 47 heavy (non-hydrogen) atoms. The van der Waals surface area contributed by atoms with Crippen LogP contribution in [0.1, 0.15) is 0 Å². The van der Waals surface area contributed by atoms with Crippen molar-refractivity contribution in [1.29, 1.82) is 0 Å². The van der Waals surface area contributed by atoms with Gasteiger partial charge in [0.25, 0.3) is 0 Å². The zero-order valence-corrected chi connectivity index (χ0v) is 26.0. The summed E-state index contributed by atoms with van der Waals surface area (Å²) in [6, 6.07) is 53.8. The predicted molar refractivity (Wildman–Crippen MR) is 199 cm³/mol. The van der Waals surface area contributed by atoms with Crippen LogP contribution in [0.5, 0.6) is 0 Å². The van der Waals surface area contributed by atoms with Crippen LogP contribution in [-0.2, 0) is 0 Å². The summed E-state index contributed by atoms with van der Waals surface area (Å²) in [5.74, 6) is 2.00. The lowest BCUT2D eigenvalue weighted by molar-refractivity contribution is 1.08. The standard InChI is InChI=1S/C43H25N3S/c1-3-12-29-23-32(21-17-26(29)9-1)41-44-42(33-22-18-27-10-2-4-13-30(27)24-33)46-43(45-41)36-25-31-20-19-28-11-5-6-14-34(28)38(31)40-39(36)35-15-7-8-16-37(35)47-40/h1-25H. The lowest BCUT2D eigenvalue weighted by Gasteiger charge is -2.13. The molecule has 0 saturated carbocycles. The van der Waals surface area contributed by atoms with Crippen LogP contribution in [0.3, 0.4) is 0 Å². The van der Waals surface area contributed by atoms with Crippen LogP contribution in [0.2, 0.25) is 0 Å². The van der Waals surface area contributed by atoms with Crippen molar-refractivity contribution >= 4 is 74.6 Å². The smallest absolute Gasteiger partial charge is 0.164 e. The van der Waals surface area contributed by atoms with Gasteiger partial charge in [-0.15, -0.1) is 11.3 Å². The lowest BCUT2D eigenvalue weighted by atomic mass is 9.96. The van der Waals surface area contributed by atoms with E-state index in [1.807, 2.05) is 11.3 Å². The molecular formula is C43H25N3S. The fraction of sp³-hybridized carbons (Fsp3) is 0. The molecule has 0 fully saturated rings. The molecule has 0 saturated heterocycles. The van der Waals surface area contributed by atoms with Gasteiger partial charge in [0.15, 0.2) is 17.5 Å². The van der Waals surface area contributed by atoms with Gasteiger partial charge >= 0.3 is 0 Å². The minimum absolute atomic E-state index is 0.662. The molecule has 0 bridgehead atoms. The second-order valence-electron chi connectivity index (χ2n) is 12.0. The van der Waals surface area contributed by atoms with Gasteiger partial charge in [-0.3, -0.25) is 0 Å². The molecule has 8 aromatic carbocycles. The monoisotopic (exact) mass is 615 g/mol. The zero-order valence-electron chi connectivity index (χ0n) is 25.2. The molecule has 0 N–H and O–H groups in total. The Hall–Kier alpha value is -5.97. The van der Waals surface area contributed by atoms with E-state index >= 15 is 0 Å². The van der Waals surface area contributed by atoms with Crippen molar-refractivity contribution in [3.8, 4) is 34.2 Å². The molecule has 0 aliphatic heterocycles. The summed E-state index contributed by atoms with van der Waals surface area (Å²) >= 11 is 1.85. The van der Waals surface area contributed by atoms with E-state index in [1.54, 1.807) is 0 Å². The Morgan fingerprint density at radius 3 is 1.55 bits per heavy atom. The number of rotatable bonds is 3. The van der Waals surface area contributed by atoms with Crippen LogP contribution < -0.4 is 0 Å². The van der Waals surface area contributed by atoms with Crippen LogP contribution in [0.25, 0.3) is 97.4 Å². The maximum atomic E-state index is 5.26. The lowest BCUT2D eigenvalue weighted by Crippen LogP contribution is -2.00. The molecule has 10 rings (SSSR count). The molecule has 0 atom stereocenters. The Balaban J connectivity index is 1.30. The van der Waals surface area contributed by atoms with Gasteiger partial charge in [-0.25, -0.2) is 15.0 Å². The quantitative estimate of drug-likeness (QED) is 0.186. The van der Waals surface area contributed by atoms with Crippen LogP contribution in [0, 0.1) is 0 Å². The molecule has 2 aromatic heterocycles. The third kappa shape index (κ3) is 4.23. The van der Waals surface area contributed by atoms with Gasteiger partial charge in [-0.05, 0) is 62.0 Å². The summed E-state index contributed by atoms with van der Waals surface area (Å²) in [6.45, 7) is 0. The van der Waals surface area contributed by atoms with E-state index < -0.39 is 0 Å². The Morgan fingerprint density at radius 2 is 0.872 bits per heavy atom. The van der Waals surface area contributed by atoms with Gasteiger partial charge in [0.05, 0.1) is 0 Å². The van der Waals surface area contributed by atoms with E-state index in [0.29, 0.717) is 17.5 Å². The van der Waals surface area contributed by atoms with Crippen molar-refractivity contribution in [3.05, 3.63) is 152 Å². The first-order chi connectivity index (χ1) is 23.3. The summed E-state index contributed by atoms with van der Waals surface area (Å²) in [7, 11) is 0. The first-order valence-electron chi connectivity index (χ1n) is 15.8. The summed E-state index contributed by atoms with van der Waals surface area (Å²) in [4.78, 5) is 15.6. The maximum Gasteiger partial charge on any atom is 0.164 e. The predicted octanol–water partition coefficient (Wildman–Crippen LogP) is 11.9. The van der Waals surface area contributed by atoms with Gasteiger partial charge < -0.3 is 0 Å². The Kier molecular flexibility index (Phi) is 5.74. The van der Waals surface area contributed by atoms with E-state index in [-0.39, 0.29) is 0 Å². The van der Waals surface area contributed by atoms with Crippen molar-refractivity contribution in [1.82, 2.24) is 15.0 Å². The zero-order chi connectivity index (χ0) is 30.9. The first kappa shape index (κ1) is 26.3. The normalized spacial score (nSPS) is 11.8. The first-order valence-corrected chi connectivity index (χ1v) is 16.6. The van der Waals surface area contributed by atoms with Gasteiger partial charge in [-0.1, -0.05) is 127 Å². The number of aromatic nitrogens is 3. The second-order valence-corrected chi connectivity index (χ2v) is 13.1. The third-order valence-electron chi connectivity index (χ3n) is 9.24. The molecule has 0 aliphatic rings. The number of hydrogen-bond acceptors (Lipinski definition) is 4. The Bertz CT molecular complexity index is 2770. The van der Waals surface area contributed by atoms with Gasteiger partial charge in [0, 0.05) is 42.2 Å². The molecule has 0 amide bonds. The van der Waals surface area contributed by atoms with E-state index in [0.717, 1.165) is 27.5 Å². The number of nitrogens with zero attached hydrogens (tertiary/aromatic N) is 3. The fourth-order valence-electron chi connectivity index (χ4n) is 6.97. The van der Waals surface area contributed by atoms with E-state index in [2.05, 4.69) is 152 Å². The van der Waals surface area contributed by atoms with Gasteiger partial charge in [0.1, 0.15) is 0 Å². The van der Waals surface area contributed by atoms with E-state index in [4.69, 9.17) is 15.0 Å². The largest absolute Gasteiger partial charge is 0.208 e. The molecular weight excluding hydrogens is 591 g/mol. The number of fused-ring (bicyclic) bond motifs is 9. The molecule has 0 radical (unpaired) electrons. The number of hydrogen-bond donors (Lipinski definition) is 0. The average Bonchev–Trinajstić information content (AvgIpc) is 3.53. The van der Waals surface area contributed by atoms with Gasteiger partial charge in [0.2, 0.25) is 0 Å². The van der Waals surface area contributed by atoms with E-state index in [1.165, 1.54) is 52.5 Å². The topological polar surface area (TPSA) is 38.7 Å². The molecule has 10 aromatic rings. The van der Waals surface area contributed by atoms with Crippen molar-refractivity contribution in [2.45, 2.75) is 0 Å². The minimum atomic E-state index is 0.662. The molecule has 2 heterocycles. The highest BCUT2D eigenvalue weighted by Gasteiger charge is 2.20. The molecule has 0 spiro atoms. The summed E-state index contributed by atoms with van der Waals surface area (Å²) in [6.07, 6.45) is 0. The highest BCUT2D eigenvalue weighted by Crippen LogP contribution is 2.45. The highest BCUT2D eigenvalue weighted by atomic mass is 32.1. The van der Waals surface area contributed by atoms with Crippen LogP contribution in [0.4, 0.5) is 0 Å².